The first-order chi connectivity index (χ1) is 14.1. The topological polar surface area (TPSA) is 62.2 Å². The molecule has 0 saturated carbocycles. The molecule has 0 fully saturated rings. The van der Waals surface area contributed by atoms with Crippen molar-refractivity contribution < 1.29 is 9.90 Å². The lowest BCUT2D eigenvalue weighted by Gasteiger charge is -2.27. The first-order valence-electron chi connectivity index (χ1n) is 9.89. The van der Waals surface area contributed by atoms with E-state index in [-0.39, 0.29) is 5.56 Å². The molecule has 1 aliphatic rings. The van der Waals surface area contributed by atoms with Crippen molar-refractivity contribution in [3.63, 3.8) is 0 Å². The predicted octanol–water partition coefficient (Wildman–Crippen LogP) is 5.77. The summed E-state index contributed by atoms with van der Waals surface area (Å²) in [4.78, 5) is 18.0. The van der Waals surface area contributed by atoms with E-state index in [1.54, 1.807) is 6.20 Å². The molecule has 1 atom stereocenters. The number of nitrogens with zero attached hydrogens (tertiary/aromatic N) is 1. The summed E-state index contributed by atoms with van der Waals surface area (Å²) in [6.45, 7) is 2.86. The zero-order chi connectivity index (χ0) is 20.2. The standard InChI is InChI=1S/C24H24N2O2S/c1-16-5-2-3-8-23(16)29-19-9-10-20-17(13-19)6-4-7-18(20)14-26-22-15-25-12-11-21(22)24(27)28/h2-3,5,8-13,15,18,26H,4,6-7,14H2,1H3,(H,27,28)/t18-/m1/s1. The predicted molar refractivity (Wildman–Crippen MR) is 117 cm³/mol. The average molecular weight is 405 g/mol. The Morgan fingerprint density at radius 1 is 1.24 bits per heavy atom. The number of anilines is 1. The SMILES string of the molecule is Cc1ccccc1Sc1ccc2c(c1)CCC[C@@H]2CNc1cnccc1C(=O)O. The number of fused-ring (bicyclic) bond motifs is 1. The number of carbonyl (C=O) groups is 1. The van der Waals surface area contributed by atoms with Gasteiger partial charge in [-0.2, -0.15) is 0 Å². The summed E-state index contributed by atoms with van der Waals surface area (Å²) < 4.78 is 0. The molecule has 0 spiro atoms. The van der Waals surface area contributed by atoms with Crippen LogP contribution in [-0.4, -0.2) is 22.6 Å². The highest BCUT2D eigenvalue weighted by atomic mass is 32.2. The van der Waals surface area contributed by atoms with Crippen LogP contribution in [0.15, 0.2) is 70.7 Å². The summed E-state index contributed by atoms with van der Waals surface area (Å²) in [5.74, 6) is -0.560. The monoisotopic (exact) mass is 404 g/mol. The lowest BCUT2D eigenvalue weighted by Crippen LogP contribution is -2.19. The van der Waals surface area contributed by atoms with E-state index in [0.717, 1.165) is 19.3 Å². The minimum Gasteiger partial charge on any atom is -0.478 e. The molecule has 1 heterocycles. The van der Waals surface area contributed by atoms with Gasteiger partial charge in [-0.3, -0.25) is 4.98 Å². The van der Waals surface area contributed by atoms with Crippen LogP contribution in [-0.2, 0) is 6.42 Å². The Hall–Kier alpha value is -2.79. The lowest BCUT2D eigenvalue weighted by atomic mass is 9.83. The van der Waals surface area contributed by atoms with Crippen LogP contribution in [0.4, 0.5) is 5.69 Å². The molecule has 5 heteroatoms. The van der Waals surface area contributed by atoms with Crippen LogP contribution in [0.2, 0.25) is 0 Å². The van der Waals surface area contributed by atoms with Gasteiger partial charge in [0.15, 0.2) is 0 Å². The van der Waals surface area contributed by atoms with Crippen molar-refractivity contribution in [3.8, 4) is 0 Å². The van der Waals surface area contributed by atoms with Crippen LogP contribution in [0.1, 0.15) is 45.8 Å². The van der Waals surface area contributed by atoms with Crippen LogP contribution >= 0.6 is 11.8 Å². The van der Waals surface area contributed by atoms with E-state index in [2.05, 4.69) is 59.7 Å². The number of benzene rings is 2. The molecule has 0 bridgehead atoms. The molecular weight excluding hydrogens is 380 g/mol. The molecular formula is C24H24N2O2S. The van der Waals surface area contributed by atoms with Gasteiger partial charge in [0.25, 0.3) is 0 Å². The second-order valence-corrected chi connectivity index (χ2v) is 8.54. The molecule has 0 saturated heterocycles. The number of carboxylic acids is 1. The molecule has 148 valence electrons. The molecule has 0 radical (unpaired) electrons. The van der Waals surface area contributed by atoms with Gasteiger partial charge in [-0.1, -0.05) is 36.0 Å². The number of nitrogens with one attached hydrogen (secondary N) is 1. The Labute approximate surface area is 175 Å². The molecule has 1 aliphatic carbocycles. The van der Waals surface area contributed by atoms with Gasteiger partial charge in [0.05, 0.1) is 17.4 Å². The molecule has 0 amide bonds. The van der Waals surface area contributed by atoms with Crippen molar-refractivity contribution >= 4 is 23.4 Å². The number of rotatable bonds is 6. The lowest BCUT2D eigenvalue weighted by molar-refractivity contribution is 0.0698. The Morgan fingerprint density at radius 2 is 2.10 bits per heavy atom. The number of pyridine rings is 1. The normalized spacial score (nSPS) is 15.6. The maximum Gasteiger partial charge on any atom is 0.337 e. The van der Waals surface area contributed by atoms with Gasteiger partial charge in [0.2, 0.25) is 0 Å². The van der Waals surface area contributed by atoms with Crippen LogP contribution in [0.5, 0.6) is 0 Å². The number of hydrogen-bond donors (Lipinski definition) is 2. The summed E-state index contributed by atoms with van der Waals surface area (Å²) in [5.41, 5.74) is 4.92. The van der Waals surface area contributed by atoms with E-state index in [4.69, 9.17) is 0 Å². The Morgan fingerprint density at radius 3 is 2.93 bits per heavy atom. The molecule has 1 aromatic heterocycles. The maximum absolute atomic E-state index is 11.4. The Balaban J connectivity index is 1.50. The van der Waals surface area contributed by atoms with E-state index in [9.17, 15) is 9.90 Å². The van der Waals surface area contributed by atoms with Gasteiger partial charge < -0.3 is 10.4 Å². The fraction of sp³-hybridized carbons (Fsp3) is 0.250. The number of aromatic nitrogens is 1. The van der Waals surface area contributed by atoms with E-state index in [1.807, 2.05) is 11.8 Å². The summed E-state index contributed by atoms with van der Waals surface area (Å²) >= 11 is 1.81. The van der Waals surface area contributed by atoms with Crippen molar-refractivity contribution in [2.75, 3.05) is 11.9 Å². The largest absolute Gasteiger partial charge is 0.478 e. The third-order valence-electron chi connectivity index (χ3n) is 5.46. The molecule has 29 heavy (non-hydrogen) atoms. The number of hydrogen-bond acceptors (Lipinski definition) is 4. The van der Waals surface area contributed by atoms with E-state index in [1.165, 1.54) is 38.7 Å². The minimum absolute atomic E-state index is 0.265. The molecule has 0 aliphatic heterocycles. The number of aryl methyl sites for hydroxylation is 2. The molecule has 4 rings (SSSR count). The minimum atomic E-state index is -0.934. The van der Waals surface area contributed by atoms with Crippen LogP contribution < -0.4 is 5.32 Å². The molecule has 0 unspecified atom stereocenters. The van der Waals surface area contributed by atoms with Gasteiger partial charge in [0, 0.05) is 28.5 Å². The van der Waals surface area contributed by atoms with Gasteiger partial charge in [-0.05, 0) is 67.1 Å². The molecule has 2 aromatic carbocycles. The summed E-state index contributed by atoms with van der Waals surface area (Å²) in [7, 11) is 0. The van der Waals surface area contributed by atoms with Crippen LogP contribution in [0.3, 0.4) is 0 Å². The fourth-order valence-corrected chi connectivity index (χ4v) is 4.89. The van der Waals surface area contributed by atoms with Crippen molar-refractivity contribution in [2.24, 2.45) is 0 Å². The van der Waals surface area contributed by atoms with E-state index in [0.29, 0.717) is 18.2 Å². The fourth-order valence-electron chi connectivity index (χ4n) is 3.92. The average Bonchev–Trinajstić information content (AvgIpc) is 2.74. The number of carboxylic acid groups (broad SMARTS) is 1. The third kappa shape index (κ3) is 4.46. The zero-order valence-corrected chi connectivity index (χ0v) is 17.2. The second kappa shape index (κ2) is 8.70. The van der Waals surface area contributed by atoms with Gasteiger partial charge in [-0.15, -0.1) is 0 Å². The summed E-state index contributed by atoms with van der Waals surface area (Å²) in [5, 5.41) is 12.7. The maximum atomic E-state index is 11.4. The Kier molecular flexibility index (Phi) is 5.86. The van der Waals surface area contributed by atoms with Crippen molar-refractivity contribution in [3.05, 3.63) is 83.2 Å². The summed E-state index contributed by atoms with van der Waals surface area (Å²) in [6.07, 6.45) is 6.46. The molecule has 2 N–H and O–H groups in total. The Bertz CT molecular complexity index is 1030. The first kappa shape index (κ1) is 19.5. The second-order valence-electron chi connectivity index (χ2n) is 7.42. The highest BCUT2D eigenvalue weighted by Gasteiger charge is 2.21. The molecule has 4 nitrogen and oxygen atoms in total. The zero-order valence-electron chi connectivity index (χ0n) is 16.4. The number of aromatic carboxylic acids is 1. The first-order valence-corrected chi connectivity index (χ1v) is 10.7. The van der Waals surface area contributed by atoms with Gasteiger partial charge in [-0.25, -0.2) is 4.79 Å². The molecule has 3 aromatic rings. The summed E-state index contributed by atoms with van der Waals surface area (Å²) in [6, 6.07) is 16.8. The third-order valence-corrected chi connectivity index (χ3v) is 6.63. The quantitative estimate of drug-likeness (QED) is 0.546. The van der Waals surface area contributed by atoms with Crippen molar-refractivity contribution in [1.82, 2.24) is 4.98 Å². The van der Waals surface area contributed by atoms with Crippen molar-refractivity contribution in [2.45, 2.75) is 41.9 Å². The van der Waals surface area contributed by atoms with Crippen LogP contribution in [0.25, 0.3) is 0 Å². The smallest absolute Gasteiger partial charge is 0.337 e. The van der Waals surface area contributed by atoms with E-state index < -0.39 is 5.97 Å². The van der Waals surface area contributed by atoms with Crippen LogP contribution in [0, 0.1) is 6.92 Å². The van der Waals surface area contributed by atoms with Crippen molar-refractivity contribution in [1.29, 1.82) is 0 Å². The van der Waals surface area contributed by atoms with E-state index >= 15 is 0 Å². The highest BCUT2D eigenvalue weighted by molar-refractivity contribution is 7.99. The van der Waals surface area contributed by atoms with Gasteiger partial charge >= 0.3 is 5.97 Å². The van der Waals surface area contributed by atoms with Gasteiger partial charge in [0.1, 0.15) is 0 Å². The highest BCUT2D eigenvalue weighted by Crippen LogP contribution is 2.37.